The Morgan fingerprint density at radius 1 is 1.00 bits per heavy atom. The van der Waals surface area contributed by atoms with Gasteiger partial charge >= 0.3 is 5.97 Å². The minimum absolute atomic E-state index is 0.0323. The highest BCUT2D eigenvalue weighted by Gasteiger charge is 2.19. The lowest BCUT2D eigenvalue weighted by molar-refractivity contribution is -0.384. The van der Waals surface area contributed by atoms with Crippen LogP contribution in [0.4, 0.5) is 11.4 Å². The van der Waals surface area contributed by atoms with E-state index in [1.807, 2.05) is 0 Å². The lowest BCUT2D eigenvalue weighted by Gasteiger charge is -2.11. The Bertz CT molecular complexity index is 1390. The van der Waals surface area contributed by atoms with E-state index < -0.39 is 16.8 Å². The van der Waals surface area contributed by atoms with E-state index in [1.54, 1.807) is 43.3 Å². The summed E-state index contributed by atoms with van der Waals surface area (Å²) >= 11 is 0. The van der Waals surface area contributed by atoms with Crippen LogP contribution in [0.15, 0.2) is 66.2 Å². The fourth-order valence-corrected chi connectivity index (χ4v) is 3.15. The van der Waals surface area contributed by atoms with Gasteiger partial charge in [0.15, 0.2) is 11.5 Å². The molecule has 0 fully saturated rings. The van der Waals surface area contributed by atoms with Gasteiger partial charge in [-0.1, -0.05) is 12.1 Å². The Labute approximate surface area is 206 Å². The van der Waals surface area contributed by atoms with Crippen molar-refractivity contribution in [1.82, 2.24) is 0 Å². The van der Waals surface area contributed by atoms with E-state index >= 15 is 0 Å². The number of nitro groups is 1. The number of nitrogens with one attached hydrogen (secondary N) is 1. The summed E-state index contributed by atoms with van der Waals surface area (Å²) in [5.41, 5.74) is 0.739. The zero-order valence-electron chi connectivity index (χ0n) is 19.6. The molecule has 0 aromatic heterocycles. The zero-order valence-corrected chi connectivity index (χ0v) is 19.6. The van der Waals surface area contributed by atoms with E-state index in [0.717, 1.165) is 0 Å². The number of nitro benzene ring substituents is 1. The highest BCUT2D eigenvalue weighted by molar-refractivity contribution is 6.10. The maximum Gasteiger partial charge on any atom is 0.343 e. The Balaban J connectivity index is 1.81. The standard InChI is InChI=1S/C26H21N3O7/c1-16-4-10-21(22(12-16)29(32)33)28-25(30)19(15-27)13-17-5-11-23(24(14-17)35-3)36-26(31)18-6-8-20(34-2)9-7-18/h4-14H,1-3H3,(H,28,30)/b19-13+. The van der Waals surface area contributed by atoms with Crippen LogP contribution in [0.5, 0.6) is 17.2 Å². The minimum atomic E-state index is -0.821. The van der Waals surface area contributed by atoms with Crippen LogP contribution in [0.25, 0.3) is 6.08 Å². The molecule has 36 heavy (non-hydrogen) atoms. The molecule has 10 heteroatoms. The lowest BCUT2D eigenvalue weighted by atomic mass is 10.1. The Hall–Kier alpha value is -5.17. The SMILES string of the molecule is COc1ccc(C(=O)Oc2ccc(/C=C(\C#N)C(=O)Nc3ccc(C)cc3[N+](=O)[O-])cc2OC)cc1. The van der Waals surface area contributed by atoms with E-state index in [9.17, 15) is 25.0 Å². The van der Waals surface area contributed by atoms with Gasteiger partial charge in [-0.05, 0) is 66.6 Å². The number of benzene rings is 3. The number of amides is 1. The van der Waals surface area contributed by atoms with Crippen LogP contribution in [-0.4, -0.2) is 31.0 Å². The molecule has 0 unspecified atom stereocenters. The van der Waals surface area contributed by atoms with Crippen molar-refractivity contribution in [1.29, 1.82) is 5.26 Å². The first-order chi connectivity index (χ1) is 17.2. The van der Waals surface area contributed by atoms with Gasteiger partial charge in [-0.25, -0.2) is 4.79 Å². The van der Waals surface area contributed by atoms with E-state index in [1.165, 1.54) is 50.6 Å². The summed E-state index contributed by atoms with van der Waals surface area (Å²) in [7, 11) is 2.89. The summed E-state index contributed by atoms with van der Waals surface area (Å²) in [6.45, 7) is 1.69. The summed E-state index contributed by atoms with van der Waals surface area (Å²) < 4.78 is 15.8. The van der Waals surface area contributed by atoms with Crippen LogP contribution < -0.4 is 19.5 Å². The highest BCUT2D eigenvalue weighted by Crippen LogP contribution is 2.30. The van der Waals surface area contributed by atoms with Gasteiger partial charge < -0.3 is 19.5 Å². The van der Waals surface area contributed by atoms with Crippen molar-refractivity contribution in [2.45, 2.75) is 6.92 Å². The molecule has 3 aromatic rings. The summed E-state index contributed by atoms with van der Waals surface area (Å²) in [6, 6.07) is 17.0. The Morgan fingerprint density at radius 3 is 2.33 bits per heavy atom. The van der Waals surface area contributed by atoms with Crippen molar-refractivity contribution in [3.8, 4) is 23.3 Å². The molecule has 0 bridgehead atoms. The lowest BCUT2D eigenvalue weighted by Crippen LogP contribution is -2.14. The average Bonchev–Trinajstić information content (AvgIpc) is 2.88. The maximum atomic E-state index is 12.6. The molecule has 3 rings (SSSR count). The molecule has 1 amide bonds. The molecule has 0 aliphatic rings. The van der Waals surface area contributed by atoms with Crippen molar-refractivity contribution in [3.63, 3.8) is 0 Å². The number of esters is 1. The van der Waals surface area contributed by atoms with Crippen LogP contribution in [0.2, 0.25) is 0 Å². The third-order valence-electron chi connectivity index (χ3n) is 4.99. The molecular weight excluding hydrogens is 466 g/mol. The Kier molecular flexibility index (Phi) is 7.99. The summed E-state index contributed by atoms with van der Waals surface area (Å²) in [6.07, 6.45) is 1.28. The number of hydrogen-bond acceptors (Lipinski definition) is 8. The number of carbonyl (C=O) groups excluding carboxylic acids is 2. The highest BCUT2D eigenvalue weighted by atomic mass is 16.6. The van der Waals surface area contributed by atoms with Gasteiger partial charge in [0.05, 0.1) is 24.7 Å². The zero-order chi connectivity index (χ0) is 26.2. The molecular formula is C26H21N3O7. The summed E-state index contributed by atoms with van der Waals surface area (Å²) in [5.74, 6) is -0.518. The number of methoxy groups -OCH3 is 2. The van der Waals surface area contributed by atoms with Gasteiger partial charge in [0.1, 0.15) is 23.1 Å². The van der Waals surface area contributed by atoms with E-state index in [0.29, 0.717) is 22.4 Å². The van der Waals surface area contributed by atoms with Crippen molar-refractivity contribution in [2.75, 3.05) is 19.5 Å². The van der Waals surface area contributed by atoms with Crippen LogP contribution in [0.1, 0.15) is 21.5 Å². The summed E-state index contributed by atoms with van der Waals surface area (Å²) in [5, 5.41) is 23.2. The molecule has 0 saturated heterocycles. The van der Waals surface area contributed by atoms with Crippen LogP contribution in [-0.2, 0) is 4.79 Å². The fraction of sp³-hybridized carbons (Fsp3) is 0.115. The van der Waals surface area contributed by atoms with Crippen molar-refractivity contribution in [3.05, 3.63) is 93.0 Å². The van der Waals surface area contributed by atoms with Gasteiger partial charge in [0.25, 0.3) is 11.6 Å². The fourth-order valence-electron chi connectivity index (χ4n) is 3.15. The predicted molar refractivity (Wildman–Crippen MR) is 131 cm³/mol. The number of anilines is 1. The number of hydrogen-bond donors (Lipinski definition) is 1. The monoisotopic (exact) mass is 487 g/mol. The summed E-state index contributed by atoms with van der Waals surface area (Å²) in [4.78, 5) is 35.8. The second-order valence-electron chi connectivity index (χ2n) is 7.43. The third-order valence-corrected chi connectivity index (χ3v) is 4.99. The Morgan fingerprint density at radius 2 is 1.72 bits per heavy atom. The van der Waals surface area contributed by atoms with Crippen LogP contribution in [0.3, 0.4) is 0 Å². The largest absolute Gasteiger partial charge is 0.497 e. The molecule has 0 heterocycles. The van der Waals surface area contributed by atoms with Gasteiger partial charge in [-0.15, -0.1) is 0 Å². The van der Waals surface area contributed by atoms with Gasteiger partial charge in [-0.2, -0.15) is 5.26 Å². The molecule has 0 radical (unpaired) electrons. The van der Waals surface area contributed by atoms with Crippen LogP contribution in [0, 0.1) is 28.4 Å². The first-order valence-electron chi connectivity index (χ1n) is 10.5. The van der Waals surface area contributed by atoms with Crippen molar-refractivity contribution < 1.29 is 28.7 Å². The topological polar surface area (TPSA) is 141 Å². The smallest absolute Gasteiger partial charge is 0.343 e. The molecule has 3 aromatic carbocycles. The molecule has 10 nitrogen and oxygen atoms in total. The molecule has 1 N–H and O–H groups in total. The quantitative estimate of drug-likeness (QED) is 0.121. The molecule has 0 aliphatic heterocycles. The number of nitriles is 1. The van der Waals surface area contributed by atoms with Gasteiger partial charge in [-0.3, -0.25) is 14.9 Å². The van der Waals surface area contributed by atoms with Crippen molar-refractivity contribution >= 4 is 29.3 Å². The number of aryl methyl sites for hydroxylation is 1. The minimum Gasteiger partial charge on any atom is -0.497 e. The van der Waals surface area contributed by atoms with Crippen LogP contribution >= 0.6 is 0 Å². The molecule has 0 aliphatic carbocycles. The average molecular weight is 487 g/mol. The molecule has 0 atom stereocenters. The van der Waals surface area contributed by atoms with Gasteiger partial charge in [0, 0.05) is 6.07 Å². The van der Waals surface area contributed by atoms with Gasteiger partial charge in [0.2, 0.25) is 0 Å². The first-order valence-corrected chi connectivity index (χ1v) is 10.5. The first kappa shape index (κ1) is 25.5. The number of rotatable bonds is 8. The third kappa shape index (κ3) is 6.03. The second kappa shape index (κ2) is 11.3. The molecule has 0 saturated carbocycles. The van der Waals surface area contributed by atoms with Crippen molar-refractivity contribution in [2.24, 2.45) is 0 Å². The molecule has 0 spiro atoms. The molecule has 182 valence electrons. The second-order valence-corrected chi connectivity index (χ2v) is 7.43. The number of ether oxygens (including phenoxy) is 3. The van der Waals surface area contributed by atoms with E-state index in [-0.39, 0.29) is 28.4 Å². The maximum absolute atomic E-state index is 12.6. The number of nitrogens with zero attached hydrogens (tertiary/aromatic N) is 2. The van der Waals surface area contributed by atoms with E-state index in [4.69, 9.17) is 14.2 Å². The number of carbonyl (C=O) groups is 2. The normalized spacial score (nSPS) is 10.7. The predicted octanol–water partition coefficient (Wildman–Crippen LogP) is 4.69. The van der Waals surface area contributed by atoms with E-state index in [2.05, 4.69) is 5.32 Å².